The first kappa shape index (κ1) is 11.1. The third kappa shape index (κ3) is 2.03. The Kier molecular flexibility index (Phi) is 2.58. The number of halogens is 1. The van der Waals surface area contributed by atoms with Crippen LogP contribution in [0.1, 0.15) is 41.5 Å². The summed E-state index contributed by atoms with van der Waals surface area (Å²) >= 11 is 0. The Morgan fingerprint density at radius 1 is 0.909 bits per heavy atom. The maximum Gasteiger partial charge on any atom is 0.391 e. The molecular weight excluding hydrogens is 159 g/mol. The van der Waals surface area contributed by atoms with E-state index >= 15 is 0 Å². The Morgan fingerprint density at radius 3 is 1.09 bits per heavy atom. The van der Waals surface area contributed by atoms with Gasteiger partial charge in [-0.2, -0.15) is 0 Å². The van der Waals surface area contributed by atoms with Crippen molar-refractivity contribution in [3.8, 4) is 0 Å². The molecule has 0 spiro atoms. The van der Waals surface area contributed by atoms with Crippen LogP contribution in [0.3, 0.4) is 0 Å². The Labute approximate surface area is 69.9 Å². The zero-order chi connectivity index (χ0) is 9.50. The Bertz CT molecular complexity index is 125. The van der Waals surface area contributed by atoms with Crippen LogP contribution in [0.5, 0.6) is 0 Å². The largest absolute Gasteiger partial charge is 0.407 e. The van der Waals surface area contributed by atoms with Crippen LogP contribution in [0.25, 0.3) is 0 Å². The molecule has 0 heterocycles. The van der Waals surface area contributed by atoms with Gasteiger partial charge >= 0.3 is 8.65 Å². The molecule has 0 radical (unpaired) electrons. The molecule has 0 aliphatic carbocycles. The van der Waals surface area contributed by atoms with Gasteiger partial charge in [0.15, 0.2) is 0 Å². The maximum atomic E-state index is 13.8. The van der Waals surface area contributed by atoms with Crippen LogP contribution in [0.4, 0.5) is 4.11 Å². The van der Waals surface area contributed by atoms with Crippen molar-refractivity contribution in [1.29, 1.82) is 0 Å². The molecule has 0 fully saturated rings. The summed E-state index contributed by atoms with van der Waals surface area (Å²) in [6.07, 6.45) is 0. The van der Waals surface area contributed by atoms with Gasteiger partial charge in [-0.3, -0.25) is 4.11 Å². The van der Waals surface area contributed by atoms with E-state index in [1.807, 2.05) is 0 Å². The van der Waals surface area contributed by atoms with Crippen LogP contribution in [0.15, 0.2) is 0 Å². The molecule has 0 aliphatic rings. The summed E-state index contributed by atoms with van der Waals surface area (Å²) in [6.45, 7) is 10.5. The average molecular weight is 178 g/mol. The maximum absolute atomic E-state index is 13.8. The van der Waals surface area contributed by atoms with Gasteiger partial charge in [0, 0.05) is 10.1 Å². The Balaban J connectivity index is 4.75. The quantitative estimate of drug-likeness (QED) is 0.446. The normalized spacial score (nSPS) is 15.3. The highest BCUT2D eigenvalue weighted by atomic mass is 28.4. The topological polar surface area (TPSA) is 20.2 Å². The van der Waals surface area contributed by atoms with E-state index in [1.54, 1.807) is 41.5 Å². The molecule has 0 unspecified atom stereocenters. The molecule has 3 heteroatoms. The molecule has 0 bridgehead atoms. The van der Waals surface area contributed by atoms with Gasteiger partial charge in [-0.15, -0.1) is 0 Å². The summed E-state index contributed by atoms with van der Waals surface area (Å²) in [6, 6.07) is 0. The van der Waals surface area contributed by atoms with Crippen LogP contribution < -0.4 is 0 Å². The molecule has 0 saturated carbocycles. The fourth-order valence-corrected chi connectivity index (χ4v) is 3.38. The minimum atomic E-state index is -3.61. The lowest BCUT2D eigenvalue weighted by atomic mass is 10.2. The van der Waals surface area contributed by atoms with E-state index in [2.05, 4.69) is 0 Å². The molecule has 0 amide bonds. The Hall–Kier alpha value is 0.107. The standard InChI is InChI=1S/C8H19FOSi/c1-7(2,3)11(9,10)8(4,5)6/h10H,1-6H3. The highest BCUT2D eigenvalue weighted by molar-refractivity contribution is 6.71. The second-order valence-electron chi connectivity index (χ2n) is 5.12. The van der Waals surface area contributed by atoms with Crippen molar-refractivity contribution in [2.45, 2.75) is 51.6 Å². The highest BCUT2D eigenvalue weighted by Crippen LogP contribution is 2.49. The summed E-state index contributed by atoms with van der Waals surface area (Å²) in [5, 5.41) is -1.18. The lowest BCUT2D eigenvalue weighted by Crippen LogP contribution is -2.48. The van der Waals surface area contributed by atoms with Crippen molar-refractivity contribution in [1.82, 2.24) is 0 Å². The molecular formula is C8H19FOSi. The molecule has 0 rings (SSSR count). The monoisotopic (exact) mass is 178 g/mol. The van der Waals surface area contributed by atoms with Gasteiger partial charge in [0.2, 0.25) is 0 Å². The van der Waals surface area contributed by atoms with E-state index in [-0.39, 0.29) is 0 Å². The third-order valence-corrected chi connectivity index (χ3v) is 5.96. The van der Waals surface area contributed by atoms with E-state index < -0.39 is 18.7 Å². The minimum Gasteiger partial charge on any atom is -0.407 e. The van der Waals surface area contributed by atoms with E-state index in [1.165, 1.54) is 0 Å². The van der Waals surface area contributed by atoms with Crippen molar-refractivity contribution in [2.75, 3.05) is 0 Å². The van der Waals surface area contributed by atoms with Crippen LogP contribution >= 0.6 is 0 Å². The van der Waals surface area contributed by atoms with Crippen molar-refractivity contribution in [3.05, 3.63) is 0 Å². The third-order valence-electron chi connectivity index (χ3n) is 1.99. The molecule has 11 heavy (non-hydrogen) atoms. The first-order chi connectivity index (χ1) is 4.50. The van der Waals surface area contributed by atoms with Gasteiger partial charge < -0.3 is 4.80 Å². The first-order valence-corrected chi connectivity index (χ1v) is 5.74. The van der Waals surface area contributed by atoms with Crippen molar-refractivity contribution in [2.24, 2.45) is 0 Å². The van der Waals surface area contributed by atoms with Gasteiger partial charge in [0.25, 0.3) is 0 Å². The van der Waals surface area contributed by atoms with Crippen molar-refractivity contribution >= 4 is 8.65 Å². The molecule has 0 atom stereocenters. The molecule has 1 N–H and O–H groups in total. The molecule has 0 aromatic rings. The predicted molar refractivity (Wildman–Crippen MR) is 48.5 cm³/mol. The minimum absolute atomic E-state index is 0.592. The fraction of sp³-hybridized carbons (Fsp3) is 1.00. The number of hydrogen-bond acceptors (Lipinski definition) is 1. The fourth-order valence-electron chi connectivity index (χ4n) is 1.12. The second kappa shape index (κ2) is 2.56. The van der Waals surface area contributed by atoms with Gasteiger partial charge in [-0.1, -0.05) is 41.5 Å². The molecule has 0 aromatic carbocycles. The van der Waals surface area contributed by atoms with Gasteiger partial charge in [0.1, 0.15) is 0 Å². The van der Waals surface area contributed by atoms with Gasteiger partial charge in [-0.05, 0) is 0 Å². The lowest BCUT2D eigenvalue weighted by molar-refractivity contribution is 0.338. The van der Waals surface area contributed by atoms with Crippen LogP contribution in [-0.2, 0) is 0 Å². The summed E-state index contributed by atoms with van der Waals surface area (Å²) in [5.41, 5.74) is 0. The molecule has 0 saturated heterocycles. The average Bonchev–Trinajstić information content (AvgIpc) is 1.58. The van der Waals surface area contributed by atoms with Crippen molar-refractivity contribution < 1.29 is 8.90 Å². The van der Waals surface area contributed by atoms with E-state index in [0.29, 0.717) is 0 Å². The summed E-state index contributed by atoms with van der Waals surface area (Å²) in [7, 11) is -3.61. The molecule has 1 nitrogen and oxygen atoms in total. The van der Waals surface area contributed by atoms with Crippen LogP contribution in [0.2, 0.25) is 10.1 Å². The zero-order valence-corrected chi connectivity index (χ0v) is 9.33. The molecule has 68 valence electrons. The number of rotatable bonds is 0. The van der Waals surface area contributed by atoms with E-state index in [0.717, 1.165) is 0 Å². The van der Waals surface area contributed by atoms with Gasteiger partial charge in [-0.25, -0.2) is 0 Å². The SMILES string of the molecule is CC(C)(C)[Si](O)(F)C(C)(C)C. The van der Waals surface area contributed by atoms with Crippen molar-refractivity contribution in [3.63, 3.8) is 0 Å². The highest BCUT2D eigenvalue weighted by Gasteiger charge is 2.55. The lowest BCUT2D eigenvalue weighted by Gasteiger charge is -2.39. The summed E-state index contributed by atoms with van der Waals surface area (Å²) in [5.74, 6) is 0. The summed E-state index contributed by atoms with van der Waals surface area (Å²) in [4.78, 5) is 9.66. The Morgan fingerprint density at radius 2 is 1.09 bits per heavy atom. The van der Waals surface area contributed by atoms with Crippen LogP contribution in [-0.4, -0.2) is 13.4 Å². The molecule has 0 aromatic heterocycles. The van der Waals surface area contributed by atoms with Crippen LogP contribution in [0, 0.1) is 0 Å². The first-order valence-electron chi connectivity index (χ1n) is 3.91. The van der Waals surface area contributed by atoms with Gasteiger partial charge in [0.05, 0.1) is 0 Å². The molecule has 0 aliphatic heterocycles. The second-order valence-corrected chi connectivity index (χ2v) is 9.37. The number of hydrogen-bond donors (Lipinski definition) is 1. The van der Waals surface area contributed by atoms with E-state index in [4.69, 9.17) is 0 Å². The predicted octanol–water partition coefficient (Wildman–Crippen LogP) is 2.99. The van der Waals surface area contributed by atoms with E-state index in [9.17, 15) is 8.90 Å². The summed E-state index contributed by atoms with van der Waals surface area (Å²) < 4.78 is 13.8. The smallest absolute Gasteiger partial charge is 0.391 e. The zero-order valence-electron chi connectivity index (χ0n) is 8.33.